The molecule has 0 saturated heterocycles. The van der Waals surface area contributed by atoms with E-state index < -0.39 is 0 Å². The number of esters is 1. The lowest BCUT2D eigenvalue weighted by Gasteiger charge is -2.14. The molecule has 0 rings (SSSR count). The summed E-state index contributed by atoms with van der Waals surface area (Å²) in [5.41, 5.74) is 0. The zero-order valence-electron chi connectivity index (χ0n) is 17.4. The van der Waals surface area contributed by atoms with Crippen LogP contribution >= 0.6 is 0 Å². The quantitative estimate of drug-likeness (QED) is 0.227. The van der Waals surface area contributed by atoms with Gasteiger partial charge in [0.05, 0.1) is 33.0 Å². The number of hydrogen-bond donors (Lipinski definition) is 0. The second-order valence-electron chi connectivity index (χ2n) is 6.75. The summed E-state index contributed by atoms with van der Waals surface area (Å²) < 4.78 is 21.7. The van der Waals surface area contributed by atoms with Gasteiger partial charge >= 0.3 is 5.97 Å². The van der Waals surface area contributed by atoms with Crippen LogP contribution in [-0.2, 0) is 23.7 Å². The fraction of sp³-hybridized carbons (Fsp3) is 0.952. The largest absolute Gasteiger partial charge is 0.465 e. The maximum Gasteiger partial charge on any atom is 0.305 e. The van der Waals surface area contributed by atoms with Gasteiger partial charge in [-0.25, -0.2) is 0 Å². The molecule has 0 N–H and O–H groups in total. The van der Waals surface area contributed by atoms with Crippen molar-refractivity contribution in [2.75, 3.05) is 46.2 Å². The Hall–Kier alpha value is -0.650. The van der Waals surface area contributed by atoms with Gasteiger partial charge in [-0.15, -0.1) is 0 Å². The van der Waals surface area contributed by atoms with Crippen molar-refractivity contribution < 1.29 is 23.7 Å². The fourth-order valence-electron chi connectivity index (χ4n) is 2.50. The van der Waals surface area contributed by atoms with E-state index >= 15 is 0 Å². The van der Waals surface area contributed by atoms with Crippen molar-refractivity contribution in [3.63, 3.8) is 0 Å². The van der Waals surface area contributed by atoms with Gasteiger partial charge in [-0.2, -0.15) is 0 Å². The Morgan fingerprint density at radius 1 is 0.731 bits per heavy atom. The smallest absolute Gasteiger partial charge is 0.305 e. The topological polar surface area (TPSA) is 54.0 Å². The van der Waals surface area contributed by atoms with Crippen LogP contribution in [-0.4, -0.2) is 52.2 Å². The van der Waals surface area contributed by atoms with Crippen LogP contribution in [0.4, 0.5) is 0 Å². The molecule has 1 atom stereocenters. The summed E-state index contributed by atoms with van der Waals surface area (Å²) in [6, 6.07) is 0. The summed E-state index contributed by atoms with van der Waals surface area (Å²) >= 11 is 0. The van der Waals surface area contributed by atoms with E-state index in [1.807, 2.05) is 0 Å². The Bertz CT molecular complexity index is 296. The predicted octanol–water partition coefficient (Wildman–Crippen LogP) is 4.77. The number of unbranched alkanes of at least 4 members (excludes halogenated alkanes) is 3. The van der Waals surface area contributed by atoms with Crippen molar-refractivity contribution in [2.24, 2.45) is 5.92 Å². The van der Waals surface area contributed by atoms with E-state index in [1.54, 1.807) is 0 Å². The molecule has 0 aliphatic rings. The minimum atomic E-state index is -0.111. The molecule has 0 aliphatic carbocycles. The van der Waals surface area contributed by atoms with Crippen LogP contribution in [0.25, 0.3) is 0 Å². The monoisotopic (exact) mass is 374 g/mol. The zero-order chi connectivity index (χ0) is 19.3. The molecule has 26 heavy (non-hydrogen) atoms. The van der Waals surface area contributed by atoms with Gasteiger partial charge in [0.15, 0.2) is 0 Å². The minimum Gasteiger partial charge on any atom is -0.465 e. The molecule has 0 radical (unpaired) electrons. The van der Waals surface area contributed by atoms with Crippen LogP contribution in [0.2, 0.25) is 0 Å². The van der Waals surface area contributed by atoms with Crippen LogP contribution in [0.1, 0.15) is 78.6 Å². The van der Waals surface area contributed by atoms with Crippen LogP contribution < -0.4 is 0 Å². The van der Waals surface area contributed by atoms with Gasteiger partial charge in [-0.3, -0.25) is 4.79 Å². The number of carbonyl (C=O) groups is 1. The van der Waals surface area contributed by atoms with Crippen LogP contribution in [0.15, 0.2) is 0 Å². The first kappa shape index (κ1) is 25.4. The summed E-state index contributed by atoms with van der Waals surface area (Å²) in [5.74, 6) is 0.392. The first-order valence-electron chi connectivity index (χ1n) is 10.6. The summed E-state index contributed by atoms with van der Waals surface area (Å²) in [6.07, 6.45) is 9.30. The molecule has 1 unspecified atom stereocenters. The standard InChI is InChI=1S/C21H42O5/c1-4-7-9-13-23-15-17-25-18-16-24-14-10-12-21(22)26-19-20(6-3)11-8-5-2/h20H,4-19H2,1-3H3. The Balaban J connectivity index is 3.30. The highest BCUT2D eigenvalue weighted by atomic mass is 16.5. The van der Waals surface area contributed by atoms with E-state index in [2.05, 4.69) is 20.8 Å². The van der Waals surface area contributed by atoms with Gasteiger partial charge in [0.1, 0.15) is 0 Å². The molecular weight excluding hydrogens is 332 g/mol. The van der Waals surface area contributed by atoms with E-state index in [9.17, 15) is 4.79 Å². The Labute approximate surface area is 161 Å². The number of rotatable bonds is 20. The van der Waals surface area contributed by atoms with Gasteiger partial charge in [-0.05, 0) is 25.2 Å². The van der Waals surface area contributed by atoms with Crippen molar-refractivity contribution in [2.45, 2.75) is 78.6 Å². The maximum atomic E-state index is 11.7. The number of carbonyl (C=O) groups excluding carboxylic acids is 1. The first-order valence-corrected chi connectivity index (χ1v) is 10.6. The van der Waals surface area contributed by atoms with Crippen LogP contribution in [0.5, 0.6) is 0 Å². The van der Waals surface area contributed by atoms with Gasteiger partial charge < -0.3 is 18.9 Å². The highest BCUT2D eigenvalue weighted by Gasteiger charge is 2.09. The van der Waals surface area contributed by atoms with Crippen LogP contribution in [0.3, 0.4) is 0 Å². The van der Waals surface area contributed by atoms with E-state index in [0.29, 0.717) is 58.4 Å². The van der Waals surface area contributed by atoms with Gasteiger partial charge in [0.2, 0.25) is 0 Å². The highest BCUT2D eigenvalue weighted by molar-refractivity contribution is 5.69. The molecule has 156 valence electrons. The molecule has 0 amide bonds. The van der Waals surface area contributed by atoms with Crippen LogP contribution in [0, 0.1) is 5.92 Å². The lowest BCUT2D eigenvalue weighted by molar-refractivity contribution is -0.145. The Kier molecular flexibility index (Phi) is 20.1. The molecule has 5 heteroatoms. The molecule has 0 aromatic rings. The van der Waals surface area contributed by atoms with Crippen molar-refractivity contribution in [3.8, 4) is 0 Å². The van der Waals surface area contributed by atoms with E-state index in [-0.39, 0.29) is 5.97 Å². The Morgan fingerprint density at radius 3 is 1.88 bits per heavy atom. The molecule has 0 aromatic carbocycles. The molecule has 5 nitrogen and oxygen atoms in total. The average molecular weight is 375 g/mol. The van der Waals surface area contributed by atoms with Crippen molar-refractivity contribution in [1.29, 1.82) is 0 Å². The van der Waals surface area contributed by atoms with Gasteiger partial charge in [0.25, 0.3) is 0 Å². The summed E-state index contributed by atoms with van der Waals surface area (Å²) in [6.45, 7) is 10.9. The lowest BCUT2D eigenvalue weighted by Crippen LogP contribution is -2.14. The van der Waals surface area contributed by atoms with Gasteiger partial charge in [-0.1, -0.05) is 52.9 Å². The molecule has 0 fully saturated rings. The van der Waals surface area contributed by atoms with E-state index in [1.165, 1.54) is 25.7 Å². The number of ether oxygens (including phenoxy) is 4. The summed E-state index contributed by atoms with van der Waals surface area (Å²) in [4.78, 5) is 11.7. The summed E-state index contributed by atoms with van der Waals surface area (Å²) in [5, 5.41) is 0. The molecule has 0 aromatic heterocycles. The average Bonchev–Trinajstić information content (AvgIpc) is 2.65. The van der Waals surface area contributed by atoms with Crippen molar-refractivity contribution in [3.05, 3.63) is 0 Å². The molecule has 0 saturated carbocycles. The third-order valence-corrected chi connectivity index (χ3v) is 4.33. The second-order valence-corrected chi connectivity index (χ2v) is 6.75. The second kappa shape index (κ2) is 20.7. The Morgan fingerprint density at radius 2 is 1.31 bits per heavy atom. The fourth-order valence-corrected chi connectivity index (χ4v) is 2.50. The highest BCUT2D eigenvalue weighted by Crippen LogP contribution is 2.13. The predicted molar refractivity (Wildman–Crippen MR) is 105 cm³/mol. The van der Waals surface area contributed by atoms with E-state index in [0.717, 1.165) is 25.9 Å². The lowest BCUT2D eigenvalue weighted by atomic mass is 10.0. The van der Waals surface area contributed by atoms with Gasteiger partial charge in [0, 0.05) is 19.6 Å². The molecule has 0 heterocycles. The third-order valence-electron chi connectivity index (χ3n) is 4.33. The van der Waals surface area contributed by atoms with E-state index in [4.69, 9.17) is 18.9 Å². The maximum absolute atomic E-state index is 11.7. The molecular formula is C21H42O5. The first-order chi connectivity index (χ1) is 12.7. The summed E-state index contributed by atoms with van der Waals surface area (Å²) in [7, 11) is 0. The van der Waals surface area contributed by atoms with Crippen molar-refractivity contribution >= 4 is 5.97 Å². The number of hydrogen-bond acceptors (Lipinski definition) is 5. The minimum absolute atomic E-state index is 0.111. The molecule has 0 aliphatic heterocycles. The SMILES string of the molecule is CCCCCOCCOCCOCCCC(=O)OCC(CC)CCCC. The molecule has 0 bridgehead atoms. The normalized spacial score (nSPS) is 12.3. The molecule has 0 spiro atoms. The van der Waals surface area contributed by atoms with Crippen molar-refractivity contribution in [1.82, 2.24) is 0 Å². The third kappa shape index (κ3) is 18.2. The zero-order valence-corrected chi connectivity index (χ0v) is 17.4.